The van der Waals surface area contributed by atoms with Gasteiger partial charge in [-0.25, -0.2) is 0 Å². The highest BCUT2D eigenvalue weighted by Crippen LogP contribution is 2.05. The van der Waals surface area contributed by atoms with Crippen molar-refractivity contribution in [2.75, 3.05) is 11.5 Å². The smallest absolute Gasteiger partial charge is 0.321 e. The van der Waals surface area contributed by atoms with Crippen LogP contribution in [0.2, 0.25) is 0 Å². The first kappa shape index (κ1) is 7.49. The molecule has 0 bridgehead atoms. The number of hydrogen-bond donors (Lipinski definition) is 4. The molecule has 0 aromatic carbocycles. The number of carboxylic acid groups (broad SMARTS) is 2. The van der Waals surface area contributed by atoms with Crippen molar-refractivity contribution in [3.05, 3.63) is 0 Å². The lowest BCUT2D eigenvalue weighted by molar-refractivity contribution is -0.139. The van der Waals surface area contributed by atoms with Crippen LogP contribution in [-0.2, 0) is 9.59 Å². The third kappa shape index (κ3) is 5.79. The van der Waals surface area contributed by atoms with Crippen molar-refractivity contribution in [3.8, 4) is 0 Å². The van der Waals surface area contributed by atoms with E-state index in [0.29, 0.717) is 0 Å². The summed E-state index contributed by atoms with van der Waals surface area (Å²) in [7, 11) is 0. The van der Waals surface area contributed by atoms with E-state index >= 15 is 0 Å². The first-order valence-electron chi connectivity index (χ1n) is 5.54. The Morgan fingerprint density at radius 3 is 2.21 bits per heavy atom. The summed E-state index contributed by atoms with van der Waals surface area (Å²) in [6.45, 7) is 0. The fourth-order valence-corrected chi connectivity index (χ4v) is 0.985. The van der Waals surface area contributed by atoms with Crippen LogP contribution in [0.5, 0.6) is 0 Å². The van der Waals surface area contributed by atoms with Crippen molar-refractivity contribution in [1.82, 2.24) is 0 Å². The maximum absolute atomic E-state index is 10.6. The van der Waals surface area contributed by atoms with Crippen molar-refractivity contribution in [2.24, 2.45) is 11.5 Å². The van der Waals surface area contributed by atoms with Crippen LogP contribution in [0, 0.1) is 0 Å². The van der Waals surface area contributed by atoms with Gasteiger partial charge in [0, 0.05) is 11.2 Å². The molecule has 0 fully saturated rings. The summed E-state index contributed by atoms with van der Waals surface area (Å²) in [6, 6.07) is -3.44. The van der Waals surface area contributed by atoms with E-state index in [1.165, 1.54) is 0 Å². The minimum absolute atomic E-state index is 0.277. The summed E-state index contributed by atoms with van der Waals surface area (Å²) < 4.78 is 29.7. The molecule has 0 aliphatic heterocycles. The van der Waals surface area contributed by atoms with E-state index in [9.17, 15) is 9.59 Å². The van der Waals surface area contributed by atoms with Gasteiger partial charge in [0.15, 0.2) is 0 Å². The first-order chi connectivity index (χ1) is 7.93. The Balaban J connectivity index is 4.80. The van der Waals surface area contributed by atoms with Gasteiger partial charge in [-0.3, -0.25) is 9.59 Å². The summed E-state index contributed by atoms with van der Waals surface area (Å²) in [4.78, 5) is 21.0. The molecule has 14 heavy (non-hydrogen) atoms. The topological polar surface area (TPSA) is 127 Å². The molecule has 7 heteroatoms. The molecule has 6 N–H and O–H groups in total. The monoisotopic (exact) mass is 226 g/mol. The Morgan fingerprint density at radius 1 is 1.29 bits per heavy atom. The zero-order chi connectivity index (χ0) is 14.7. The standard InChI is InChI=1S/C7H14N2O4S/c8-4(6(10)11)1-2-14-3-5(9)7(12)13/h4-5H,1-3,8-9H2,(H,10,11)(H,12,13)/t4-,5?/m0/s1/i1D2,2D2. The Labute approximate surface area is 91.3 Å². The highest BCUT2D eigenvalue weighted by Gasteiger charge is 2.13. The van der Waals surface area contributed by atoms with Crippen LogP contribution in [0.1, 0.15) is 11.9 Å². The number of rotatable bonds is 7. The predicted octanol–water partition coefficient (Wildman–Crippen LogP) is -1.07. The molecule has 0 aliphatic carbocycles. The van der Waals surface area contributed by atoms with Gasteiger partial charge >= 0.3 is 11.9 Å². The fourth-order valence-electron chi connectivity index (χ4n) is 0.370. The van der Waals surface area contributed by atoms with Gasteiger partial charge < -0.3 is 21.7 Å². The van der Waals surface area contributed by atoms with Crippen molar-refractivity contribution >= 4 is 23.7 Å². The van der Waals surface area contributed by atoms with Crippen molar-refractivity contribution in [3.63, 3.8) is 0 Å². The number of carbonyl (C=O) groups is 2. The highest BCUT2D eigenvalue weighted by atomic mass is 32.2. The van der Waals surface area contributed by atoms with Gasteiger partial charge in [0.05, 0.1) is 0 Å². The highest BCUT2D eigenvalue weighted by molar-refractivity contribution is 7.99. The molecule has 0 rings (SSSR count). The quantitative estimate of drug-likeness (QED) is 0.435. The Kier molecular flexibility index (Phi) is 3.55. The zero-order valence-electron chi connectivity index (χ0n) is 11.1. The molecule has 0 aromatic heterocycles. The minimum Gasteiger partial charge on any atom is -0.480 e. The molecule has 0 heterocycles. The summed E-state index contributed by atoms with van der Waals surface area (Å²) in [6.07, 6.45) is -2.87. The molecule has 82 valence electrons. The largest absolute Gasteiger partial charge is 0.480 e. The predicted molar refractivity (Wildman–Crippen MR) is 53.2 cm³/mol. The second-order valence-corrected chi connectivity index (χ2v) is 3.14. The van der Waals surface area contributed by atoms with E-state index in [4.69, 9.17) is 27.2 Å². The van der Waals surface area contributed by atoms with Gasteiger partial charge in [-0.05, 0) is 12.1 Å². The maximum Gasteiger partial charge on any atom is 0.321 e. The molecule has 0 saturated heterocycles. The summed E-state index contributed by atoms with van der Waals surface area (Å²) >= 11 is 0.277. The van der Waals surface area contributed by atoms with Gasteiger partial charge in [0.2, 0.25) is 0 Å². The Bertz CT molecular complexity index is 341. The van der Waals surface area contributed by atoms with Crippen LogP contribution in [0.4, 0.5) is 0 Å². The number of hydrogen-bond acceptors (Lipinski definition) is 5. The third-order valence-corrected chi connectivity index (χ3v) is 1.92. The average molecular weight is 226 g/mol. The van der Waals surface area contributed by atoms with Gasteiger partial charge in [-0.2, -0.15) is 11.8 Å². The van der Waals surface area contributed by atoms with E-state index in [1.807, 2.05) is 0 Å². The van der Waals surface area contributed by atoms with E-state index in [0.717, 1.165) is 0 Å². The molecule has 0 spiro atoms. The van der Waals surface area contributed by atoms with Crippen molar-refractivity contribution in [1.29, 1.82) is 0 Å². The van der Waals surface area contributed by atoms with E-state index < -0.39 is 41.9 Å². The molecule has 1 unspecified atom stereocenters. The maximum atomic E-state index is 10.6. The van der Waals surface area contributed by atoms with Gasteiger partial charge in [-0.15, -0.1) is 0 Å². The fraction of sp³-hybridized carbons (Fsp3) is 0.714. The molecule has 6 nitrogen and oxygen atoms in total. The zero-order valence-corrected chi connectivity index (χ0v) is 7.95. The SMILES string of the molecule is [2H]C([2H])(SCC(N)C(=O)O)C([2H])([2H])[C@H](N)C(=O)O. The average Bonchev–Trinajstić information content (AvgIpc) is 2.23. The molecule has 0 aliphatic rings. The summed E-state index contributed by atoms with van der Waals surface area (Å²) in [5, 5.41) is 17.1. The molecule has 0 amide bonds. The third-order valence-electron chi connectivity index (χ3n) is 1.13. The lowest BCUT2D eigenvalue weighted by Gasteiger charge is -2.07. The summed E-state index contributed by atoms with van der Waals surface area (Å²) in [5.74, 6) is -3.46. The van der Waals surface area contributed by atoms with Crippen LogP contribution in [-0.4, -0.2) is 45.7 Å². The number of aliphatic carboxylic acids is 2. The summed E-state index contributed by atoms with van der Waals surface area (Å²) in [5.41, 5.74) is 7.53. The molecule has 2 atom stereocenters. The Morgan fingerprint density at radius 2 is 1.79 bits per heavy atom. The second-order valence-electron chi connectivity index (χ2n) is 2.32. The molecule has 0 saturated carbocycles. The van der Waals surface area contributed by atoms with Gasteiger partial charge in [0.25, 0.3) is 0 Å². The molecular formula is C7H14N2O4S. The molecule has 0 radical (unpaired) electrons. The van der Waals surface area contributed by atoms with Crippen LogP contribution in [0.15, 0.2) is 0 Å². The van der Waals surface area contributed by atoms with E-state index in [2.05, 4.69) is 0 Å². The van der Waals surface area contributed by atoms with E-state index in [-0.39, 0.29) is 11.8 Å². The molecular weight excluding hydrogens is 208 g/mol. The number of nitrogens with two attached hydrogens (primary N) is 2. The Hall–Kier alpha value is -0.790. The van der Waals surface area contributed by atoms with Crippen molar-refractivity contribution in [2.45, 2.75) is 18.5 Å². The number of thioether (sulfide) groups is 1. The number of carboxylic acids is 2. The van der Waals surface area contributed by atoms with Gasteiger partial charge in [0.1, 0.15) is 12.1 Å². The molecule has 0 aromatic rings. The lowest BCUT2D eigenvalue weighted by Crippen LogP contribution is -2.33. The minimum atomic E-state index is -2.87. The van der Waals surface area contributed by atoms with Gasteiger partial charge in [-0.1, -0.05) is 0 Å². The van der Waals surface area contributed by atoms with E-state index in [1.54, 1.807) is 0 Å². The second kappa shape index (κ2) is 6.63. The van der Waals surface area contributed by atoms with Crippen molar-refractivity contribution < 1.29 is 25.3 Å². The lowest BCUT2D eigenvalue weighted by atomic mass is 10.2. The first-order valence-corrected chi connectivity index (χ1v) is 4.52. The van der Waals surface area contributed by atoms with Crippen LogP contribution >= 0.6 is 11.8 Å². The van der Waals surface area contributed by atoms with Crippen LogP contribution in [0.3, 0.4) is 0 Å². The van der Waals surface area contributed by atoms with Crippen LogP contribution in [0.25, 0.3) is 0 Å². The van der Waals surface area contributed by atoms with Crippen LogP contribution < -0.4 is 11.5 Å². The normalized spacial score (nSPS) is 21.0.